The molecular weight excluding hydrogens is 410 g/mol. The van der Waals surface area contributed by atoms with Gasteiger partial charge in [-0.2, -0.15) is 5.10 Å². The minimum absolute atomic E-state index is 0.0238. The first kappa shape index (κ1) is 16.6. The molecule has 2 aliphatic rings. The fraction of sp³-hybridized carbons (Fsp3) is 0.316. The van der Waals surface area contributed by atoms with Crippen LogP contribution in [-0.2, 0) is 6.42 Å². The molecule has 0 spiro atoms. The number of ether oxygens (including phenoxy) is 1. The first-order valence-corrected chi connectivity index (χ1v) is 9.62. The summed E-state index contributed by atoms with van der Waals surface area (Å²) < 4.78 is 8.98. The van der Waals surface area contributed by atoms with E-state index in [9.17, 15) is 4.79 Å². The summed E-state index contributed by atoms with van der Waals surface area (Å²) in [6.45, 7) is 4.50. The lowest BCUT2D eigenvalue weighted by Gasteiger charge is -2.25. The highest BCUT2D eigenvalue weighted by molar-refractivity contribution is 9.10. The van der Waals surface area contributed by atoms with Crippen LogP contribution >= 0.6 is 15.9 Å². The largest absolute Gasteiger partial charge is 0.485 e. The van der Waals surface area contributed by atoms with Crippen molar-refractivity contribution in [3.8, 4) is 5.75 Å². The van der Waals surface area contributed by atoms with Crippen molar-refractivity contribution in [3.63, 3.8) is 0 Å². The normalized spacial score (nSPS) is 23.8. The fourth-order valence-electron chi connectivity index (χ4n) is 3.81. The molecule has 1 unspecified atom stereocenters. The molecule has 2 aromatic heterocycles. The Bertz CT molecular complexity index is 1100. The van der Waals surface area contributed by atoms with Crippen molar-refractivity contribution in [2.75, 3.05) is 11.9 Å². The Balaban J connectivity index is 1.68. The quantitative estimate of drug-likeness (QED) is 0.575. The van der Waals surface area contributed by atoms with Gasteiger partial charge in [-0.15, -0.1) is 0 Å². The fourth-order valence-corrected chi connectivity index (χ4v) is 4.33. The smallest absolute Gasteiger partial charge is 0.256 e. The molecule has 1 aromatic carbocycles. The molecule has 0 radical (unpaired) electrons. The molecule has 138 valence electrons. The predicted molar refractivity (Wildman–Crippen MR) is 104 cm³/mol. The molecule has 3 aromatic rings. The third-order valence-electron chi connectivity index (χ3n) is 5.14. The van der Waals surface area contributed by atoms with Crippen LogP contribution in [0, 0.1) is 0 Å². The summed E-state index contributed by atoms with van der Waals surface area (Å²) in [5, 5.41) is 10.6. The van der Waals surface area contributed by atoms with E-state index in [2.05, 4.69) is 55.7 Å². The highest BCUT2D eigenvalue weighted by atomic mass is 79.9. The summed E-state index contributed by atoms with van der Waals surface area (Å²) in [5.74, 6) is 1.36. The van der Waals surface area contributed by atoms with Crippen molar-refractivity contribution in [2.45, 2.75) is 31.9 Å². The van der Waals surface area contributed by atoms with Crippen molar-refractivity contribution >= 4 is 33.3 Å². The molecule has 4 bridgehead atoms. The summed E-state index contributed by atoms with van der Waals surface area (Å²) in [6, 6.07) is 5.99. The second-order valence-corrected chi connectivity index (χ2v) is 8.32. The zero-order valence-electron chi connectivity index (χ0n) is 14.9. The minimum Gasteiger partial charge on any atom is -0.485 e. The van der Waals surface area contributed by atoms with Crippen LogP contribution < -0.4 is 15.4 Å². The van der Waals surface area contributed by atoms with Crippen molar-refractivity contribution < 1.29 is 9.53 Å². The number of carbonyl (C=O) groups is 1. The van der Waals surface area contributed by atoms with Crippen LogP contribution in [0.5, 0.6) is 5.75 Å². The van der Waals surface area contributed by atoms with Crippen molar-refractivity contribution in [2.24, 2.45) is 0 Å². The van der Waals surface area contributed by atoms with Crippen LogP contribution in [0.3, 0.4) is 0 Å². The number of rotatable bonds is 0. The molecule has 0 fully saturated rings. The predicted octanol–water partition coefficient (Wildman–Crippen LogP) is 3.10. The molecular formula is C19H18BrN5O2. The third kappa shape index (κ3) is 2.66. The summed E-state index contributed by atoms with van der Waals surface area (Å²) in [6.07, 6.45) is 4.08. The Morgan fingerprint density at radius 1 is 1.41 bits per heavy atom. The number of hydrogen-bond donors (Lipinski definition) is 2. The summed E-state index contributed by atoms with van der Waals surface area (Å²) in [5.41, 5.74) is 2.67. The summed E-state index contributed by atoms with van der Waals surface area (Å²) in [4.78, 5) is 17.3. The molecule has 8 heteroatoms. The molecule has 2 N–H and O–H groups in total. The van der Waals surface area contributed by atoms with E-state index in [1.54, 1.807) is 16.9 Å². The van der Waals surface area contributed by atoms with Crippen LogP contribution in [0.1, 0.15) is 41.4 Å². The van der Waals surface area contributed by atoms with E-state index in [1.165, 1.54) is 0 Å². The van der Waals surface area contributed by atoms with Gasteiger partial charge in [-0.1, -0.05) is 15.9 Å². The lowest BCUT2D eigenvalue weighted by Crippen LogP contribution is -2.44. The third-order valence-corrected chi connectivity index (χ3v) is 5.60. The van der Waals surface area contributed by atoms with Gasteiger partial charge in [0.25, 0.3) is 5.91 Å². The van der Waals surface area contributed by atoms with E-state index in [-0.39, 0.29) is 11.9 Å². The maximum atomic E-state index is 12.7. The molecule has 2 aliphatic heterocycles. The number of aromatic nitrogens is 3. The zero-order chi connectivity index (χ0) is 18.8. The highest BCUT2D eigenvalue weighted by Gasteiger charge is 2.38. The second kappa shape index (κ2) is 5.69. The van der Waals surface area contributed by atoms with Gasteiger partial charge in [0.05, 0.1) is 18.8 Å². The molecule has 0 aliphatic carbocycles. The lowest BCUT2D eigenvalue weighted by atomic mass is 9.97. The summed E-state index contributed by atoms with van der Waals surface area (Å²) in [7, 11) is 0. The SMILES string of the molecule is C[C@H]1Nc2ccn3ncc(c3n2)C(=O)NCC2(C)Cc3cc(Br)cc1c3O2. The van der Waals surface area contributed by atoms with Crippen LogP contribution in [0.4, 0.5) is 5.82 Å². The Hall–Kier alpha value is -2.61. The number of nitrogens with one attached hydrogen (secondary N) is 2. The first-order chi connectivity index (χ1) is 12.9. The van der Waals surface area contributed by atoms with E-state index in [1.807, 2.05) is 13.0 Å². The van der Waals surface area contributed by atoms with Crippen molar-refractivity contribution in [1.29, 1.82) is 0 Å². The molecule has 1 amide bonds. The number of benzene rings is 1. The molecule has 5 rings (SSSR count). The van der Waals surface area contributed by atoms with Gasteiger partial charge >= 0.3 is 0 Å². The number of nitrogens with zero attached hydrogens (tertiary/aromatic N) is 3. The number of halogens is 1. The Morgan fingerprint density at radius 3 is 3.11 bits per heavy atom. The number of anilines is 1. The van der Waals surface area contributed by atoms with E-state index >= 15 is 0 Å². The van der Waals surface area contributed by atoms with Gasteiger partial charge in [0.1, 0.15) is 22.7 Å². The molecule has 7 nitrogen and oxygen atoms in total. The highest BCUT2D eigenvalue weighted by Crippen LogP contribution is 2.42. The van der Waals surface area contributed by atoms with Gasteiger partial charge in [0, 0.05) is 22.7 Å². The maximum Gasteiger partial charge on any atom is 0.256 e. The van der Waals surface area contributed by atoms with Gasteiger partial charge in [-0.3, -0.25) is 4.79 Å². The molecule has 27 heavy (non-hydrogen) atoms. The monoisotopic (exact) mass is 427 g/mol. The van der Waals surface area contributed by atoms with E-state index < -0.39 is 5.60 Å². The maximum absolute atomic E-state index is 12.7. The van der Waals surface area contributed by atoms with Gasteiger partial charge in [0.2, 0.25) is 0 Å². The van der Waals surface area contributed by atoms with E-state index in [0.717, 1.165) is 27.8 Å². The second-order valence-electron chi connectivity index (χ2n) is 7.40. The number of carbonyl (C=O) groups excluding carboxylic acids is 1. The number of fused-ring (bicyclic) bond motifs is 2. The molecule has 0 saturated heterocycles. The van der Waals surface area contributed by atoms with Gasteiger partial charge in [-0.05, 0) is 37.6 Å². The summed E-state index contributed by atoms with van der Waals surface area (Å²) >= 11 is 3.61. The van der Waals surface area contributed by atoms with E-state index in [4.69, 9.17) is 4.74 Å². The average Bonchev–Trinajstić information content (AvgIpc) is 3.18. The first-order valence-electron chi connectivity index (χ1n) is 8.82. The van der Waals surface area contributed by atoms with Crippen molar-refractivity contribution in [1.82, 2.24) is 19.9 Å². The van der Waals surface area contributed by atoms with Gasteiger partial charge in [-0.25, -0.2) is 9.50 Å². The topological polar surface area (TPSA) is 80.5 Å². The Kier molecular flexibility index (Phi) is 3.49. The molecule has 2 atom stereocenters. The van der Waals surface area contributed by atoms with Gasteiger partial charge < -0.3 is 15.4 Å². The zero-order valence-corrected chi connectivity index (χ0v) is 16.5. The molecule has 4 heterocycles. The Labute approximate surface area is 164 Å². The molecule has 0 saturated carbocycles. The van der Waals surface area contributed by atoms with Crippen LogP contribution in [0.25, 0.3) is 5.65 Å². The minimum atomic E-state index is -0.500. The van der Waals surface area contributed by atoms with Crippen LogP contribution in [-0.4, -0.2) is 32.7 Å². The van der Waals surface area contributed by atoms with Crippen LogP contribution in [0.15, 0.2) is 35.1 Å². The number of hydrogen-bond acceptors (Lipinski definition) is 5. The average molecular weight is 428 g/mol. The number of amides is 1. The Morgan fingerprint density at radius 2 is 2.26 bits per heavy atom. The standard InChI is InChI=1S/C19H18BrN5O2/c1-10-13-6-12(20)5-11-7-19(2,27-16(11)13)9-21-18(26)14-8-22-25-4-3-15(23-10)24-17(14)25/h3-6,8,10H,7,9H2,1-2H3,(H,21,26)(H,23,24)/t10-,19?/m1/s1. The van der Waals surface area contributed by atoms with Gasteiger partial charge in [0.15, 0.2) is 5.65 Å². The lowest BCUT2D eigenvalue weighted by molar-refractivity contribution is 0.0839. The van der Waals surface area contributed by atoms with E-state index in [0.29, 0.717) is 23.6 Å². The van der Waals surface area contributed by atoms with Crippen LogP contribution in [0.2, 0.25) is 0 Å². The van der Waals surface area contributed by atoms with Crippen molar-refractivity contribution in [3.05, 3.63) is 51.8 Å².